The smallest absolute Gasteiger partial charge is 0.352 e. The summed E-state index contributed by atoms with van der Waals surface area (Å²) in [6, 6.07) is 22.7. The molecule has 0 aliphatic rings. The van der Waals surface area contributed by atoms with Crippen molar-refractivity contribution in [2.24, 2.45) is 0 Å². The fourth-order valence-corrected chi connectivity index (χ4v) is 2.67. The van der Waals surface area contributed by atoms with Gasteiger partial charge in [0, 0.05) is 10.6 Å². The van der Waals surface area contributed by atoms with Crippen molar-refractivity contribution in [1.29, 1.82) is 0 Å². The van der Waals surface area contributed by atoms with E-state index < -0.39 is 11.9 Å². The van der Waals surface area contributed by atoms with Gasteiger partial charge in [0.1, 0.15) is 18.1 Å². The van der Waals surface area contributed by atoms with Crippen LogP contribution in [0.1, 0.15) is 21.5 Å². The average molecular weight is 408 g/mol. The van der Waals surface area contributed by atoms with Gasteiger partial charge in [-0.2, -0.15) is 0 Å². The molecule has 0 aliphatic heterocycles. The van der Waals surface area contributed by atoms with Crippen LogP contribution in [0.25, 0.3) is 6.08 Å². The Bertz CT molecular complexity index is 1030. The van der Waals surface area contributed by atoms with Crippen LogP contribution in [0, 0.1) is 0 Å². The molecule has 0 aromatic heterocycles. The summed E-state index contributed by atoms with van der Waals surface area (Å²) < 4.78 is 5.76. The molecule has 3 rings (SSSR count). The van der Waals surface area contributed by atoms with Crippen LogP contribution in [0.15, 0.2) is 84.6 Å². The van der Waals surface area contributed by atoms with Crippen LogP contribution in [0.3, 0.4) is 0 Å². The van der Waals surface area contributed by atoms with Gasteiger partial charge in [-0.05, 0) is 53.6 Å². The minimum Gasteiger partial charge on any atom is -0.489 e. The number of rotatable bonds is 7. The highest BCUT2D eigenvalue weighted by Gasteiger charge is 2.13. The van der Waals surface area contributed by atoms with Gasteiger partial charge in [0.25, 0.3) is 5.91 Å². The van der Waals surface area contributed by atoms with Gasteiger partial charge >= 0.3 is 5.97 Å². The van der Waals surface area contributed by atoms with E-state index in [2.05, 4.69) is 5.32 Å². The maximum atomic E-state index is 12.3. The zero-order chi connectivity index (χ0) is 20.6. The Balaban J connectivity index is 1.72. The van der Waals surface area contributed by atoms with Crippen LogP contribution in [0.5, 0.6) is 5.75 Å². The highest BCUT2D eigenvalue weighted by atomic mass is 35.5. The molecular formula is C23H18ClNO4. The summed E-state index contributed by atoms with van der Waals surface area (Å²) in [6.45, 7) is 0.348. The maximum Gasteiger partial charge on any atom is 0.352 e. The first-order valence-corrected chi connectivity index (χ1v) is 9.18. The van der Waals surface area contributed by atoms with Gasteiger partial charge in [-0.25, -0.2) is 4.79 Å². The number of ether oxygens (including phenoxy) is 1. The van der Waals surface area contributed by atoms with Crippen LogP contribution in [0.2, 0.25) is 5.02 Å². The second-order valence-electron chi connectivity index (χ2n) is 6.17. The lowest BCUT2D eigenvalue weighted by molar-refractivity contribution is -0.132. The van der Waals surface area contributed by atoms with E-state index in [-0.39, 0.29) is 5.70 Å². The fourth-order valence-electron chi connectivity index (χ4n) is 2.54. The molecule has 146 valence electrons. The molecular weight excluding hydrogens is 390 g/mol. The molecule has 0 aliphatic carbocycles. The number of carboxylic acids is 1. The van der Waals surface area contributed by atoms with Crippen molar-refractivity contribution in [3.8, 4) is 5.75 Å². The van der Waals surface area contributed by atoms with Crippen molar-refractivity contribution in [2.45, 2.75) is 6.61 Å². The Hall–Kier alpha value is -3.57. The molecule has 0 radical (unpaired) electrons. The average Bonchev–Trinajstić information content (AvgIpc) is 2.73. The second kappa shape index (κ2) is 9.57. The molecule has 0 atom stereocenters. The first-order valence-electron chi connectivity index (χ1n) is 8.80. The summed E-state index contributed by atoms with van der Waals surface area (Å²) >= 11 is 5.87. The molecule has 3 aromatic carbocycles. The fraction of sp³-hybridized carbons (Fsp3) is 0.0435. The highest BCUT2D eigenvalue weighted by molar-refractivity contribution is 6.30. The molecule has 5 nitrogen and oxygen atoms in total. The molecule has 1 amide bonds. The van der Waals surface area contributed by atoms with Crippen molar-refractivity contribution in [3.05, 3.63) is 106 Å². The summed E-state index contributed by atoms with van der Waals surface area (Å²) in [7, 11) is 0. The number of benzene rings is 3. The van der Waals surface area contributed by atoms with E-state index in [0.29, 0.717) is 28.5 Å². The van der Waals surface area contributed by atoms with Crippen molar-refractivity contribution >= 4 is 29.6 Å². The first kappa shape index (κ1) is 20.2. The minimum absolute atomic E-state index is 0.228. The number of halogens is 1. The highest BCUT2D eigenvalue weighted by Crippen LogP contribution is 2.18. The summed E-state index contributed by atoms with van der Waals surface area (Å²) in [6.07, 6.45) is 1.39. The van der Waals surface area contributed by atoms with Crippen LogP contribution in [-0.4, -0.2) is 17.0 Å². The Morgan fingerprint density at radius 2 is 1.69 bits per heavy atom. The molecule has 0 heterocycles. The number of nitrogens with one attached hydrogen (secondary N) is 1. The van der Waals surface area contributed by atoms with E-state index in [1.165, 1.54) is 6.08 Å². The topological polar surface area (TPSA) is 75.6 Å². The quantitative estimate of drug-likeness (QED) is 0.553. The van der Waals surface area contributed by atoms with E-state index in [0.717, 1.165) is 5.56 Å². The summed E-state index contributed by atoms with van der Waals surface area (Å²) in [4.78, 5) is 23.8. The van der Waals surface area contributed by atoms with Crippen LogP contribution < -0.4 is 10.1 Å². The lowest BCUT2D eigenvalue weighted by Crippen LogP contribution is -2.27. The standard InChI is InChI=1S/C23H18ClNO4/c24-19-11-9-16(10-12-19)15-29-20-8-4-5-17(13-20)14-21(23(27)28)25-22(26)18-6-2-1-3-7-18/h1-14H,15H2,(H,25,26)(H,27,28)/b21-14+. The van der Waals surface area contributed by atoms with E-state index in [1.54, 1.807) is 66.7 Å². The Morgan fingerprint density at radius 3 is 2.38 bits per heavy atom. The monoisotopic (exact) mass is 407 g/mol. The molecule has 6 heteroatoms. The lowest BCUT2D eigenvalue weighted by Gasteiger charge is -2.09. The number of amides is 1. The lowest BCUT2D eigenvalue weighted by atomic mass is 10.1. The van der Waals surface area contributed by atoms with Crippen molar-refractivity contribution in [2.75, 3.05) is 0 Å². The van der Waals surface area contributed by atoms with Gasteiger partial charge in [-0.15, -0.1) is 0 Å². The van der Waals surface area contributed by atoms with Crippen LogP contribution in [-0.2, 0) is 11.4 Å². The molecule has 0 saturated heterocycles. The number of aliphatic carboxylic acids is 1. The molecule has 2 N–H and O–H groups in total. The Morgan fingerprint density at radius 1 is 0.966 bits per heavy atom. The molecule has 0 bridgehead atoms. The van der Waals surface area contributed by atoms with Gasteiger partial charge in [0.15, 0.2) is 0 Å². The first-order chi connectivity index (χ1) is 14.0. The maximum absolute atomic E-state index is 12.3. The molecule has 3 aromatic rings. The molecule has 0 unspecified atom stereocenters. The number of carboxylic acid groups (broad SMARTS) is 1. The number of carbonyl (C=O) groups excluding carboxylic acids is 1. The summed E-state index contributed by atoms with van der Waals surface area (Å²) in [5.74, 6) is -1.15. The normalized spacial score (nSPS) is 11.0. The number of carbonyl (C=O) groups is 2. The van der Waals surface area contributed by atoms with Crippen LogP contribution >= 0.6 is 11.6 Å². The van der Waals surface area contributed by atoms with Gasteiger partial charge < -0.3 is 15.2 Å². The largest absolute Gasteiger partial charge is 0.489 e. The van der Waals surface area contributed by atoms with Gasteiger partial charge in [-0.3, -0.25) is 4.79 Å². The summed E-state index contributed by atoms with van der Waals surface area (Å²) in [5.41, 5.74) is 1.69. The van der Waals surface area contributed by atoms with E-state index in [9.17, 15) is 14.7 Å². The predicted octanol–water partition coefficient (Wildman–Crippen LogP) is 4.77. The van der Waals surface area contributed by atoms with Crippen molar-refractivity contribution in [3.63, 3.8) is 0 Å². The second-order valence-corrected chi connectivity index (χ2v) is 6.61. The van der Waals surface area contributed by atoms with Gasteiger partial charge in [0.05, 0.1) is 0 Å². The van der Waals surface area contributed by atoms with Gasteiger partial charge in [0.2, 0.25) is 0 Å². The third-order valence-electron chi connectivity index (χ3n) is 4.00. The molecule has 0 saturated carbocycles. The SMILES string of the molecule is O=C(O)/C(=C\c1cccc(OCc2ccc(Cl)cc2)c1)NC(=O)c1ccccc1. The third kappa shape index (κ3) is 5.96. The Labute approximate surface area is 173 Å². The zero-order valence-electron chi connectivity index (χ0n) is 15.3. The van der Waals surface area contributed by atoms with Gasteiger partial charge in [-0.1, -0.05) is 54.1 Å². The van der Waals surface area contributed by atoms with Crippen molar-refractivity contribution in [1.82, 2.24) is 5.32 Å². The molecule has 0 fully saturated rings. The Kier molecular flexibility index (Phi) is 6.66. The van der Waals surface area contributed by atoms with Crippen LogP contribution in [0.4, 0.5) is 0 Å². The third-order valence-corrected chi connectivity index (χ3v) is 4.25. The van der Waals surface area contributed by atoms with E-state index in [1.807, 2.05) is 12.1 Å². The van der Waals surface area contributed by atoms with E-state index >= 15 is 0 Å². The van der Waals surface area contributed by atoms with Crippen molar-refractivity contribution < 1.29 is 19.4 Å². The number of hydrogen-bond acceptors (Lipinski definition) is 3. The minimum atomic E-state index is -1.23. The summed E-state index contributed by atoms with van der Waals surface area (Å²) in [5, 5.41) is 12.5. The zero-order valence-corrected chi connectivity index (χ0v) is 16.1. The van der Waals surface area contributed by atoms with E-state index in [4.69, 9.17) is 16.3 Å². The molecule has 29 heavy (non-hydrogen) atoms. The number of hydrogen-bond donors (Lipinski definition) is 2. The molecule has 0 spiro atoms. The predicted molar refractivity (Wildman–Crippen MR) is 112 cm³/mol.